The Bertz CT molecular complexity index is 219. The SMILES string of the molecule is CC1(CNC2CCCC3CC32)CCC1. The van der Waals surface area contributed by atoms with Gasteiger partial charge >= 0.3 is 0 Å². The van der Waals surface area contributed by atoms with Crippen LogP contribution >= 0.6 is 0 Å². The molecule has 3 aliphatic carbocycles. The number of fused-ring (bicyclic) bond motifs is 1. The van der Waals surface area contributed by atoms with Crippen LogP contribution in [-0.2, 0) is 0 Å². The summed E-state index contributed by atoms with van der Waals surface area (Å²) in [4.78, 5) is 0. The van der Waals surface area contributed by atoms with E-state index in [1.807, 2.05) is 0 Å². The van der Waals surface area contributed by atoms with E-state index in [0.717, 1.165) is 17.9 Å². The zero-order valence-corrected chi connectivity index (χ0v) is 9.39. The zero-order chi connectivity index (χ0) is 9.60. The van der Waals surface area contributed by atoms with Gasteiger partial charge in [0.2, 0.25) is 0 Å². The van der Waals surface area contributed by atoms with Crippen molar-refractivity contribution < 1.29 is 0 Å². The molecule has 3 aliphatic rings. The van der Waals surface area contributed by atoms with Gasteiger partial charge in [-0.2, -0.15) is 0 Å². The fourth-order valence-electron chi connectivity index (χ4n) is 3.50. The van der Waals surface area contributed by atoms with Gasteiger partial charge in [0.05, 0.1) is 0 Å². The summed E-state index contributed by atoms with van der Waals surface area (Å²) >= 11 is 0. The molecule has 0 aromatic heterocycles. The molecule has 80 valence electrons. The van der Waals surface area contributed by atoms with Crippen molar-refractivity contribution in [2.45, 2.75) is 57.9 Å². The van der Waals surface area contributed by atoms with Gasteiger partial charge in [-0.3, -0.25) is 0 Å². The third kappa shape index (κ3) is 1.60. The summed E-state index contributed by atoms with van der Waals surface area (Å²) < 4.78 is 0. The Morgan fingerprint density at radius 3 is 2.79 bits per heavy atom. The van der Waals surface area contributed by atoms with Gasteiger partial charge in [-0.05, 0) is 42.9 Å². The monoisotopic (exact) mass is 193 g/mol. The molecule has 0 aromatic rings. The lowest BCUT2D eigenvalue weighted by molar-refractivity contribution is 0.144. The highest BCUT2D eigenvalue weighted by Gasteiger charge is 2.45. The molecule has 0 amide bonds. The fraction of sp³-hybridized carbons (Fsp3) is 1.00. The van der Waals surface area contributed by atoms with E-state index in [-0.39, 0.29) is 0 Å². The molecular weight excluding hydrogens is 170 g/mol. The molecule has 0 radical (unpaired) electrons. The van der Waals surface area contributed by atoms with Gasteiger partial charge in [0.25, 0.3) is 0 Å². The van der Waals surface area contributed by atoms with Gasteiger partial charge < -0.3 is 5.32 Å². The molecule has 1 nitrogen and oxygen atoms in total. The quantitative estimate of drug-likeness (QED) is 0.726. The van der Waals surface area contributed by atoms with E-state index in [1.54, 1.807) is 0 Å². The highest BCUT2D eigenvalue weighted by molar-refractivity contribution is 4.99. The predicted octanol–water partition coefficient (Wildman–Crippen LogP) is 2.95. The number of rotatable bonds is 3. The first-order valence-electron chi connectivity index (χ1n) is 6.50. The average Bonchev–Trinajstić information content (AvgIpc) is 2.90. The van der Waals surface area contributed by atoms with Crippen molar-refractivity contribution in [2.75, 3.05) is 6.54 Å². The van der Waals surface area contributed by atoms with E-state index >= 15 is 0 Å². The molecule has 0 heterocycles. The van der Waals surface area contributed by atoms with Crippen molar-refractivity contribution >= 4 is 0 Å². The summed E-state index contributed by atoms with van der Waals surface area (Å²) in [6, 6.07) is 0.895. The van der Waals surface area contributed by atoms with E-state index in [9.17, 15) is 0 Å². The standard InChI is InChI=1S/C13H23N/c1-13(6-3-7-13)9-14-12-5-2-4-10-8-11(10)12/h10-12,14H,2-9H2,1H3. The normalized spacial score (nSPS) is 43.9. The maximum absolute atomic E-state index is 3.86. The van der Waals surface area contributed by atoms with Crippen LogP contribution in [-0.4, -0.2) is 12.6 Å². The van der Waals surface area contributed by atoms with Crippen molar-refractivity contribution in [2.24, 2.45) is 17.3 Å². The third-order valence-corrected chi connectivity index (χ3v) is 4.94. The molecule has 3 saturated carbocycles. The lowest BCUT2D eigenvalue weighted by atomic mass is 9.70. The third-order valence-electron chi connectivity index (χ3n) is 4.94. The molecule has 0 saturated heterocycles. The van der Waals surface area contributed by atoms with Crippen LogP contribution in [0.4, 0.5) is 0 Å². The minimum atomic E-state index is 0.668. The molecule has 3 atom stereocenters. The van der Waals surface area contributed by atoms with Crippen molar-refractivity contribution in [3.05, 3.63) is 0 Å². The van der Waals surface area contributed by atoms with E-state index in [4.69, 9.17) is 0 Å². The minimum Gasteiger partial charge on any atom is -0.313 e. The van der Waals surface area contributed by atoms with Crippen LogP contribution in [0, 0.1) is 17.3 Å². The Morgan fingerprint density at radius 1 is 1.21 bits per heavy atom. The largest absolute Gasteiger partial charge is 0.313 e. The molecule has 0 aromatic carbocycles. The minimum absolute atomic E-state index is 0.668. The van der Waals surface area contributed by atoms with Crippen molar-refractivity contribution in [1.82, 2.24) is 5.32 Å². The Labute approximate surface area is 87.7 Å². The van der Waals surface area contributed by atoms with Crippen LogP contribution in [0.15, 0.2) is 0 Å². The second-order valence-corrected chi connectivity index (χ2v) is 6.24. The predicted molar refractivity (Wildman–Crippen MR) is 59.2 cm³/mol. The summed E-state index contributed by atoms with van der Waals surface area (Å²) in [7, 11) is 0. The highest BCUT2D eigenvalue weighted by Crippen LogP contribution is 2.50. The molecule has 14 heavy (non-hydrogen) atoms. The number of nitrogens with one attached hydrogen (secondary N) is 1. The fourth-order valence-corrected chi connectivity index (χ4v) is 3.50. The van der Waals surface area contributed by atoms with Gasteiger partial charge in [0, 0.05) is 12.6 Å². The maximum atomic E-state index is 3.86. The topological polar surface area (TPSA) is 12.0 Å². The van der Waals surface area contributed by atoms with E-state index in [2.05, 4.69) is 12.2 Å². The van der Waals surface area contributed by atoms with Crippen LogP contribution in [0.25, 0.3) is 0 Å². The summed E-state index contributed by atoms with van der Waals surface area (Å²) in [5.41, 5.74) is 0.668. The second-order valence-electron chi connectivity index (χ2n) is 6.24. The second kappa shape index (κ2) is 3.23. The first-order valence-corrected chi connectivity index (χ1v) is 6.50. The molecule has 3 rings (SSSR count). The van der Waals surface area contributed by atoms with E-state index in [0.29, 0.717) is 5.41 Å². The highest BCUT2D eigenvalue weighted by atomic mass is 15.0. The summed E-state index contributed by atoms with van der Waals surface area (Å²) in [6.07, 6.45) is 10.4. The zero-order valence-electron chi connectivity index (χ0n) is 9.39. The summed E-state index contributed by atoms with van der Waals surface area (Å²) in [5, 5.41) is 3.86. The van der Waals surface area contributed by atoms with Crippen LogP contribution in [0.3, 0.4) is 0 Å². The van der Waals surface area contributed by atoms with Gasteiger partial charge in [-0.15, -0.1) is 0 Å². The number of hydrogen-bond donors (Lipinski definition) is 1. The first kappa shape index (κ1) is 9.21. The Morgan fingerprint density at radius 2 is 2.07 bits per heavy atom. The van der Waals surface area contributed by atoms with Crippen LogP contribution in [0.5, 0.6) is 0 Å². The molecule has 1 N–H and O–H groups in total. The van der Waals surface area contributed by atoms with Crippen molar-refractivity contribution in [3.63, 3.8) is 0 Å². The molecule has 3 fully saturated rings. The molecule has 0 bridgehead atoms. The lowest BCUT2D eigenvalue weighted by Crippen LogP contribution is -2.43. The molecule has 3 unspecified atom stereocenters. The van der Waals surface area contributed by atoms with Crippen LogP contribution < -0.4 is 5.32 Å². The maximum Gasteiger partial charge on any atom is 0.00983 e. The summed E-state index contributed by atoms with van der Waals surface area (Å²) in [6.45, 7) is 3.75. The van der Waals surface area contributed by atoms with Gasteiger partial charge in [-0.25, -0.2) is 0 Å². The molecule has 0 aliphatic heterocycles. The van der Waals surface area contributed by atoms with Crippen molar-refractivity contribution in [1.29, 1.82) is 0 Å². The molecule has 0 spiro atoms. The van der Waals surface area contributed by atoms with Crippen molar-refractivity contribution in [3.8, 4) is 0 Å². The number of hydrogen-bond acceptors (Lipinski definition) is 1. The van der Waals surface area contributed by atoms with Crippen LogP contribution in [0.2, 0.25) is 0 Å². The Hall–Kier alpha value is -0.0400. The van der Waals surface area contributed by atoms with Gasteiger partial charge in [0.15, 0.2) is 0 Å². The van der Waals surface area contributed by atoms with Crippen LogP contribution in [0.1, 0.15) is 51.9 Å². The lowest BCUT2D eigenvalue weighted by Gasteiger charge is -2.40. The molecular formula is C13H23N. The Kier molecular flexibility index (Phi) is 2.12. The van der Waals surface area contributed by atoms with Gasteiger partial charge in [-0.1, -0.05) is 26.2 Å². The Balaban J connectivity index is 1.47. The van der Waals surface area contributed by atoms with E-state index in [1.165, 1.54) is 51.5 Å². The first-order chi connectivity index (χ1) is 6.77. The smallest absolute Gasteiger partial charge is 0.00983 e. The molecule has 1 heteroatoms. The van der Waals surface area contributed by atoms with Gasteiger partial charge in [0.1, 0.15) is 0 Å². The summed E-state index contributed by atoms with van der Waals surface area (Å²) in [5.74, 6) is 2.20. The van der Waals surface area contributed by atoms with E-state index < -0.39 is 0 Å². The average molecular weight is 193 g/mol.